The maximum Gasteiger partial charge on any atom is 0.343 e. The van der Waals surface area contributed by atoms with Crippen molar-refractivity contribution in [3.8, 4) is 51.3 Å². The van der Waals surface area contributed by atoms with Gasteiger partial charge in [0.1, 0.15) is 11.5 Å². The highest BCUT2D eigenvalue weighted by Crippen LogP contribution is 2.31. The van der Waals surface area contributed by atoms with Crippen LogP contribution in [0.1, 0.15) is 90.5 Å². The van der Waals surface area contributed by atoms with E-state index in [1.807, 2.05) is 78.9 Å². The summed E-state index contributed by atoms with van der Waals surface area (Å²) in [5.74, 6) is -0.662. The van der Waals surface area contributed by atoms with Crippen LogP contribution in [-0.2, 0) is 19.1 Å². The first-order valence-electron chi connectivity index (χ1n) is 21.5. The van der Waals surface area contributed by atoms with Crippen molar-refractivity contribution in [3.05, 3.63) is 157 Å². The Balaban J connectivity index is 1.06. The van der Waals surface area contributed by atoms with Crippen LogP contribution < -0.4 is 18.9 Å². The number of benzene rings is 5. The Kier molecular flexibility index (Phi) is 19.4. The highest BCUT2D eigenvalue weighted by molar-refractivity contribution is 5.94. The summed E-state index contributed by atoms with van der Waals surface area (Å²) in [6.07, 6.45) is 11.9. The first-order valence-corrected chi connectivity index (χ1v) is 21.5. The molecular weight excluding hydrogens is 811 g/mol. The molecule has 0 unspecified atom stereocenters. The van der Waals surface area contributed by atoms with Gasteiger partial charge in [0, 0.05) is 18.2 Å². The van der Waals surface area contributed by atoms with Gasteiger partial charge >= 0.3 is 23.9 Å². The molecule has 0 heterocycles. The fourth-order valence-electron chi connectivity index (χ4n) is 6.46. The summed E-state index contributed by atoms with van der Waals surface area (Å²) in [6, 6.07) is 35.6. The number of nitriles is 1. The minimum absolute atomic E-state index is 0.00811. The Hall–Kier alpha value is -7.45. The zero-order valence-corrected chi connectivity index (χ0v) is 36.0. The molecule has 0 saturated heterocycles. The molecule has 11 heteroatoms. The topological polar surface area (TPSA) is 147 Å². The minimum Gasteiger partial charge on any atom is -0.494 e. The van der Waals surface area contributed by atoms with E-state index < -0.39 is 11.9 Å². The Labute approximate surface area is 374 Å². The molecule has 0 N–H and O–H groups in total. The second-order valence-corrected chi connectivity index (χ2v) is 14.7. The fraction of sp³-hybridized carbons (Fsp3) is 0.264. The average molecular weight is 864 g/mol. The number of nitrogens with zero attached hydrogens (tertiary/aromatic N) is 1. The van der Waals surface area contributed by atoms with E-state index in [4.69, 9.17) is 28.4 Å². The summed E-state index contributed by atoms with van der Waals surface area (Å²) >= 11 is 0. The number of hydrogen-bond donors (Lipinski definition) is 0. The third kappa shape index (κ3) is 15.8. The van der Waals surface area contributed by atoms with Crippen LogP contribution in [-0.4, -0.2) is 50.3 Å². The number of unbranched alkanes of at least 4 members (excludes halogenated alkanes) is 8. The van der Waals surface area contributed by atoms with E-state index in [9.17, 15) is 24.4 Å². The van der Waals surface area contributed by atoms with Crippen LogP contribution in [0.4, 0.5) is 0 Å². The van der Waals surface area contributed by atoms with E-state index in [1.54, 1.807) is 24.3 Å². The van der Waals surface area contributed by atoms with Crippen LogP contribution in [0.25, 0.3) is 22.3 Å². The standard InChI is InChI=1S/C53H53NO10/c1-3-50(55)61-35-13-9-5-7-11-33-59-46-28-24-42(25-29-46)40-16-20-44(21-17-40)52(57)63-48-32-15-39(38-54)37-49(48)64-53(58)45-22-18-41(19-23-45)43-26-30-47(31-27-43)60-34-12-8-6-10-14-36-62-51(56)4-2/h3-4,15-32,37H,1-2,5-14,33-36H2. The van der Waals surface area contributed by atoms with Gasteiger partial charge < -0.3 is 28.4 Å². The highest BCUT2D eigenvalue weighted by atomic mass is 16.6. The van der Waals surface area contributed by atoms with Crippen molar-refractivity contribution in [1.82, 2.24) is 0 Å². The summed E-state index contributed by atoms with van der Waals surface area (Å²) in [5, 5.41) is 9.54. The molecule has 64 heavy (non-hydrogen) atoms. The molecule has 0 atom stereocenters. The predicted octanol–water partition coefficient (Wildman–Crippen LogP) is 11.4. The maximum absolute atomic E-state index is 13.3. The Morgan fingerprint density at radius 3 is 1.20 bits per heavy atom. The molecule has 0 amide bonds. The fourth-order valence-corrected chi connectivity index (χ4v) is 6.46. The quantitative estimate of drug-likeness (QED) is 0.0226. The van der Waals surface area contributed by atoms with Gasteiger partial charge in [-0.15, -0.1) is 0 Å². The maximum atomic E-state index is 13.3. The highest BCUT2D eigenvalue weighted by Gasteiger charge is 2.18. The van der Waals surface area contributed by atoms with Gasteiger partial charge in [-0.1, -0.05) is 100 Å². The molecule has 0 bridgehead atoms. The number of rotatable bonds is 26. The molecule has 0 aliphatic carbocycles. The minimum atomic E-state index is -0.683. The van der Waals surface area contributed by atoms with E-state index in [-0.39, 0.29) is 40.1 Å². The van der Waals surface area contributed by atoms with Gasteiger partial charge in [0.2, 0.25) is 0 Å². The Bertz CT molecular complexity index is 2350. The lowest BCUT2D eigenvalue weighted by atomic mass is 10.0. The smallest absolute Gasteiger partial charge is 0.343 e. The van der Waals surface area contributed by atoms with Crippen molar-refractivity contribution >= 4 is 23.9 Å². The second kappa shape index (κ2) is 26.1. The average Bonchev–Trinajstić information content (AvgIpc) is 3.33. The van der Waals surface area contributed by atoms with E-state index >= 15 is 0 Å². The van der Waals surface area contributed by atoms with Gasteiger partial charge in [-0.25, -0.2) is 19.2 Å². The van der Waals surface area contributed by atoms with E-state index in [0.717, 1.165) is 98.0 Å². The van der Waals surface area contributed by atoms with Gasteiger partial charge in [0.25, 0.3) is 0 Å². The van der Waals surface area contributed by atoms with Crippen molar-refractivity contribution < 1.29 is 47.6 Å². The molecule has 0 aliphatic rings. The normalized spacial score (nSPS) is 10.5. The zero-order chi connectivity index (χ0) is 45.4. The van der Waals surface area contributed by atoms with Crippen LogP contribution in [0.3, 0.4) is 0 Å². The summed E-state index contributed by atoms with van der Waals surface area (Å²) < 4.78 is 33.1. The summed E-state index contributed by atoms with van der Waals surface area (Å²) in [5.41, 5.74) is 4.44. The molecule has 0 spiro atoms. The van der Waals surface area contributed by atoms with Crippen LogP contribution in [0.2, 0.25) is 0 Å². The third-order valence-electron chi connectivity index (χ3n) is 10.0. The molecular formula is C53H53NO10. The first kappa shape index (κ1) is 47.6. The molecule has 0 radical (unpaired) electrons. The van der Waals surface area contributed by atoms with E-state index in [1.165, 1.54) is 30.4 Å². The van der Waals surface area contributed by atoms with E-state index in [0.29, 0.717) is 26.4 Å². The van der Waals surface area contributed by atoms with Gasteiger partial charge in [-0.05, 0) is 109 Å². The van der Waals surface area contributed by atoms with Crippen LogP contribution in [0, 0.1) is 11.3 Å². The van der Waals surface area contributed by atoms with Crippen LogP contribution in [0.5, 0.6) is 23.0 Å². The lowest BCUT2D eigenvalue weighted by molar-refractivity contribution is -0.138. The van der Waals surface area contributed by atoms with Crippen LogP contribution in [0.15, 0.2) is 141 Å². The monoisotopic (exact) mass is 863 g/mol. The predicted molar refractivity (Wildman–Crippen MR) is 244 cm³/mol. The SMILES string of the molecule is C=CC(=O)OCCCCCCCOc1ccc(-c2ccc(C(=O)Oc3ccc(C#N)cc3OC(=O)c3ccc(-c4ccc(OCCCCCCCOC(=O)C=C)cc4)cc3)cc2)cc1. The van der Waals surface area contributed by atoms with E-state index in [2.05, 4.69) is 13.2 Å². The molecule has 0 saturated carbocycles. The summed E-state index contributed by atoms with van der Waals surface area (Å²) in [4.78, 5) is 48.7. The molecule has 5 aromatic rings. The van der Waals surface area contributed by atoms with Crippen molar-refractivity contribution in [1.29, 1.82) is 5.26 Å². The number of hydrogen-bond acceptors (Lipinski definition) is 11. The first-order chi connectivity index (χ1) is 31.3. The second-order valence-electron chi connectivity index (χ2n) is 14.7. The Morgan fingerprint density at radius 2 is 0.812 bits per heavy atom. The lowest BCUT2D eigenvalue weighted by Crippen LogP contribution is -2.13. The number of carbonyl (C=O) groups is 4. The number of carbonyl (C=O) groups excluding carboxylic acids is 4. The number of esters is 4. The van der Waals surface area contributed by atoms with Crippen molar-refractivity contribution in [2.24, 2.45) is 0 Å². The van der Waals surface area contributed by atoms with Gasteiger partial charge in [-0.3, -0.25) is 0 Å². The molecule has 11 nitrogen and oxygen atoms in total. The molecule has 0 aromatic heterocycles. The number of ether oxygens (including phenoxy) is 6. The largest absolute Gasteiger partial charge is 0.494 e. The van der Waals surface area contributed by atoms with Crippen molar-refractivity contribution in [3.63, 3.8) is 0 Å². The molecule has 0 aliphatic heterocycles. The molecule has 0 fully saturated rings. The van der Waals surface area contributed by atoms with Gasteiger partial charge in [0.15, 0.2) is 11.5 Å². The van der Waals surface area contributed by atoms with Crippen LogP contribution >= 0.6 is 0 Å². The zero-order valence-electron chi connectivity index (χ0n) is 36.0. The van der Waals surface area contributed by atoms with Gasteiger partial charge in [-0.2, -0.15) is 5.26 Å². The molecule has 5 aromatic carbocycles. The molecule has 5 rings (SSSR count). The van der Waals surface area contributed by atoms with Crippen molar-refractivity contribution in [2.75, 3.05) is 26.4 Å². The van der Waals surface area contributed by atoms with Crippen molar-refractivity contribution in [2.45, 2.75) is 64.2 Å². The summed E-state index contributed by atoms with van der Waals surface area (Å²) in [6.45, 7) is 8.80. The summed E-state index contributed by atoms with van der Waals surface area (Å²) in [7, 11) is 0. The van der Waals surface area contributed by atoms with Gasteiger partial charge in [0.05, 0.1) is 49.2 Å². The lowest BCUT2D eigenvalue weighted by Gasteiger charge is -2.12. The Morgan fingerprint density at radius 1 is 0.453 bits per heavy atom. The third-order valence-corrected chi connectivity index (χ3v) is 10.0. The molecule has 330 valence electrons.